The van der Waals surface area contributed by atoms with Crippen molar-refractivity contribution in [2.24, 2.45) is 0 Å². The summed E-state index contributed by atoms with van der Waals surface area (Å²) >= 11 is 5.66. The quantitative estimate of drug-likeness (QED) is 0.599. The maximum absolute atomic E-state index is 12.1. The smallest absolute Gasteiger partial charge is 0.326 e. The third kappa shape index (κ3) is 3.97. The highest BCUT2D eigenvalue weighted by Gasteiger charge is 2.22. The number of alkyl halides is 1. The minimum Gasteiger partial charge on any atom is -0.465 e. The van der Waals surface area contributed by atoms with Gasteiger partial charge in [0.25, 0.3) is 0 Å². The molecule has 1 aromatic rings. The second kappa shape index (κ2) is 7.90. The first-order chi connectivity index (χ1) is 9.54. The topological polar surface area (TPSA) is 46.6 Å². The summed E-state index contributed by atoms with van der Waals surface area (Å²) < 4.78 is 4.93. The molecule has 0 spiro atoms. The van der Waals surface area contributed by atoms with E-state index in [2.05, 4.69) is 0 Å². The van der Waals surface area contributed by atoms with Crippen LogP contribution in [-0.4, -0.2) is 30.9 Å². The number of ether oxygens (including phenoxy) is 1. The van der Waals surface area contributed by atoms with E-state index in [-0.39, 0.29) is 24.9 Å². The lowest BCUT2D eigenvalue weighted by Gasteiger charge is -2.25. The summed E-state index contributed by atoms with van der Waals surface area (Å²) in [5.41, 5.74) is 2.70. The molecule has 1 aromatic carbocycles. The van der Waals surface area contributed by atoms with Gasteiger partial charge in [-0.1, -0.05) is 25.1 Å². The Labute approximate surface area is 124 Å². The zero-order chi connectivity index (χ0) is 15.1. The molecule has 0 unspecified atom stereocenters. The van der Waals surface area contributed by atoms with Crippen LogP contribution in [0.3, 0.4) is 0 Å². The summed E-state index contributed by atoms with van der Waals surface area (Å²) in [7, 11) is 0. The SMILES string of the molecule is CCOC(=O)CN(C(=O)CCl)c1c(C)cccc1CC. The zero-order valence-electron chi connectivity index (χ0n) is 12.1. The molecule has 0 heterocycles. The van der Waals surface area contributed by atoms with E-state index >= 15 is 0 Å². The van der Waals surface area contributed by atoms with Gasteiger partial charge in [0.15, 0.2) is 0 Å². The van der Waals surface area contributed by atoms with E-state index in [9.17, 15) is 9.59 Å². The summed E-state index contributed by atoms with van der Waals surface area (Å²) in [5.74, 6) is -0.906. The van der Waals surface area contributed by atoms with Gasteiger partial charge in [0.1, 0.15) is 12.4 Å². The second-order valence-corrected chi connectivity index (χ2v) is 4.62. The molecule has 5 heteroatoms. The normalized spacial score (nSPS) is 10.2. The summed E-state index contributed by atoms with van der Waals surface area (Å²) in [6.45, 7) is 5.82. The number of para-hydroxylation sites is 1. The molecule has 0 atom stereocenters. The first-order valence-corrected chi connectivity index (χ1v) is 7.19. The number of aryl methyl sites for hydroxylation is 2. The molecular formula is C15H20ClNO3. The van der Waals surface area contributed by atoms with Crippen LogP contribution >= 0.6 is 11.6 Å². The lowest BCUT2D eigenvalue weighted by molar-refractivity contribution is -0.142. The molecule has 0 bridgehead atoms. The highest BCUT2D eigenvalue weighted by atomic mass is 35.5. The van der Waals surface area contributed by atoms with E-state index in [1.54, 1.807) is 6.92 Å². The monoisotopic (exact) mass is 297 g/mol. The van der Waals surface area contributed by atoms with E-state index in [4.69, 9.17) is 16.3 Å². The molecule has 0 aromatic heterocycles. The molecule has 0 saturated heterocycles. The number of carbonyl (C=O) groups excluding carboxylic acids is 2. The van der Waals surface area contributed by atoms with Crippen molar-refractivity contribution in [1.29, 1.82) is 0 Å². The molecule has 0 aliphatic carbocycles. The Hall–Kier alpha value is -1.55. The van der Waals surface area contributed by atoms with Crippen molar-refractivity contribution in [3.05, 3.63) is 29.3 Å². The number of nitrogens with zero attached hydrogens (tertiary/aromatic N) is 1. The number of hydrogen-bond acceptors (Lipinski definition) is 3. The van der Waals surface area contributed by atoms with Crippen molar-refractivity contribution in [3.8, 4) is 0 Å². The first-order valence-electron chi connectivity index (χ1n) is 6.65. The van der Waals surface area contributed by atoms with Gasteiger partial charge >= 0.3 is 5.97 Å². The van der Waals surface area contributed by atoms with Gasteiger partial charge in [-0.3, -0.25) is 14.5 Å². The molecule has 110 valence electrons. The maximum atomic E-state index is 12.1. The Bertz CT molecular complexity index is 488. The fourth-order valence-electron chi connectivity index (χ4n) is 2.09. The van der Waals surface area contributed by atoms with E-state index in [0.29, 0.717) is 0 Å². The number of anilines is 1. The Kier molecular flexibility index (Phi) is 6.52. The summed E-state index contributed by atoms with van der Waals surface area (Å²) in [6.07, 6.45) is 0.770. The predicted octanol–water partition coefficient (Wildman–Crippen LogP) is 2.69. The lowest BCUT2D eigenvalue weighted by Crippen LogP contribution is -2.38. The lowest BCUT2D eigenvalue weighted by atomic mass is 10.0. The molecule has 0 saturated carbocycles. The van der Waals surface area contributed by atoms with Crippen LogP contribution < -0.4 is 4.90 Å². The van der Waals surface area contributed by atoms with Crippen LogP contribution in [0.25, 0.3) is 0 Å². The van der Waals surface area contributed by atoms with Crippen molar-refractivity contribution in [3.63, 3.8) is 0 Å². The standard InChI is InChI=1S/C15H20ClNO3/c1-4-12-8-6-7-11(3)15(12)17(13(18)9-16)10-14(19)20-5-2/h6-8H,4-5,9-10H2,1-3H3. The van der Waals surface area contributed by atoms with Gasteiger partial charge < -0.3 is 4.74 Å². The molecule has 1 rings (SSSR count). The third-order valence-electron chi connectivity index (χ3n) is 2.98. The average Bonchev–Trinajstić information content (AvgIpc) is 2.44. The number of halogens is 1. The average molecular weight is 298 g/mol. The highest BCUT2D eigenvalue weighted by molar-refractivity contribution is 6.29. The first kappa shape index (κ1) is 16.5. The zero-order valence-corrected chi connectivity index (χ0v) is 12.9. The van der Waals surface area contributed by atoms with E-state index < -0.39 is 5.97 Å². The molecule has 4 nitrogen and oxygen atoms in total. The largest absolute Gasteiger partial charge is 0.465 e. The Balaban J connectivity index is 3.17. The van der Waals surface area contributed by atoms with E-state index in [0.717, 1.165) is 23.2 Å². The Morgan fingerprint density at radius 1 is 1.30 bits per heavy atom. The molecular weight excluding hydrogens is 278 g/mol. The number of amides is 1. The van der Waals surface area contributed by atoms with Crippen molar-refractivity contribution in [1.82, 2.24) is 0 Å². The molecule has 0 aliphatic heterocycles. The minimum atomic E-state index is -0.434. The van der Waals surface area contributed by atoms with Crippen LogP contribution in [0.1, 0.15) is 25.0 Å². The fourth-order valence-corrected chi connectivity index (χ4v) is 2.24. The summed E-state index contributed by atoms with van der Waals surface area (Å²) in [5, 5.41) is 0. The molecule has 0 aliphatic rings. The van der Waals surface area contributed by atoms with Crippen LogP contribution in [0.15, 0.2) is 18.2 Å². The molecule has 0 N–H and O–H groups in total. The van der Waals surface area contributed by atoms with Crippen LogP contribution in [0.5, 0.6) is 0 Å². The maximum Gasteiger partial charge on any atom is 0.326 e. The number of carbonyl (C=O) groups is 2. The molecule has 0 radical (unpaired) electrons. The van der Waals surface area contributed by atoms with Crippen molar-refractivity contribution >= 4 is 29.2 Å². The number of hydrogen-bond donors (Lipinski definition) is 0. The van der Waals surface area contributed by atoms with Gasteiger partial charge in [0.2, 0.25) is 5.91 Å². The van der Waals surface area contributed by atoms with Gasteiger partial charge in [-0.05, 0) is 31.4 Å². The predicted molar refractivity (Wildman–Crippen MR) is 80.3 cm³/mol. The fraction of sp³-hybridized carbons (Fsp3) is 0.467. The summed E-state index contributed by atoms with van der Waals surface area (Å²) in [6, 6.07) is 5.79. The Morgan fingerprint density at radius 2 is 2.00 bits per heavy atom. The van der Waals surface area contributed by atoms with E-state index in [1.165, 1.54) is 4.90 Å². The van der Waals surface area contributed by atoms with Gasteiger partial charge in [-0.15, -0.1) is 11.6 Å². The van der Waals surface area contributed by atoms with Crippen molar-refractivity contribution in [2.45, 2.75) is 27.2 Å². The Morgan fingerprint density at radius 3 is 2.55 bits per heavy atom. The minimum absolute atomic E-state index is 0.114. The third-order valence-corrected chi connectivity index (χ3v) is 3.21. The van der Waals surface area contributed by atoms with Crippen molar-refractivity contribution < 1.29 is 14.3 Å². The summed E-state index contributed by atoms with van der Waals surface area (Å²) in [4.78, 5) is 25.2. The van der Waals surface area contributed by atoms with Crippen LogP contribution in [0, 0.1) is 6.92 Å². The van der Waals surface area contributed by atoms with Crippen LogP contribution in [0.4, 0.5) is 5.69 Å². The second-order valence-electron chi connectivity index (χ2n) is 4.35. The number of rotatable bonds is 6. The van der Waals surface area contributed by atoms with Crippen molar-refractivity contribution in [2.75, 3.05) is 23.9 Å². The highest BCUT2D eigenvalue weighted by Crippen LogP contribution is 2.26. The molecule has 20 heavy (non-hydrogen) atoms. The molecule has 0 fully saturated rings. The van der Waals surface area contributed by atoms with E-state index in [1.807, 2.05) is 32.0 Å². The van der Waals surface area contributed by atoms with Gasteiger partial charge in [0.05, 0.1) is 12.3 Å². The van der Waals surface area contributed by atoms with Gasteiger partial charge in [0, 0.05) is 0 Å². The molecule has 1 amide bonds. The van der Waals surface area contributed by atoms with Gasteiger partial charge in [-0.25, -0.2) is 0 Å². The number of esters is 1. The number of benzene rings is 1. The van der Waals surface area contributed by atoms with Gasteiger partial charge in [-0.2, -0.15) is 0 Å². The van der Waals surface area contributed by atoms with Crippen LogP contribution in [0.2, 0.25) is 0 Å². The van der Waals surface area contributed by atoms with Crippen LogP contribution in [-0.2, 0) is 20.7 Å².